The number of carboxylic acid groups (broad SMARTS) is 1. The molecule has 0 aromatic heterocycles. The van der Waals surface area contributed by atoms with Gasteiger partial charge in [0.1, 0.15) is 0 Å². The Balaban J connectivity index is 2.02. The number of aliphatic carboxylic acids is 1. The summed E-state index contributed by atoms with van der Waals surface area (Å²) in [6.45, 7) is 2.25. The number of hydrogen-bond donors (Lipinski definition) is 2. The minimum absolute atomic E-state index is 0.0508. The van der Waals surface area contributed by atoms with Gasteiger partial charge in [0.2, 0.25) is 0 Å². The Morgan fingerprint density at radius 3 is 2.62 bits per heavy atom. The summed E-state index contributed by atoms with van der Waals surface area (Å²) in [5.74, 6) is -0.813. The van der Waals surface area contributed by atoms with Gasteiger partial charge in [-0.2, -0.15) is 0 Å². The summed E-state index contributed by atoms with van der Waals surface area (Å²) < 4.78 is 0. The highest BCUT2D eigenvalue weighted by Gasteiger charge is 2.30. The molecule has 1 unspecified atom stereocenters. The van der Waals surface area contributed by atoms with Crippen LogP contribution in [-0.2, 0) is 16.6 Å². The SMILES string of the molecule is CC(CN)(CC(=O)O)c1ccc2c(c1)Cc1ccccc1-2. The molecule has 0 amide bonds. The van der Waals surface area contributed by atoms with Crippen LogP contribution in [0.1, 0.15) is 30.0 Å². The Morgan fingerprint density at radius 2 is 1.90 bits per heavy atom. The lowest BCUT2D eigenvalue weighted by Crippen LogP contribution is -2.34. The molecule has 1 aliphatic rings. The third kappa shape index (κ3) is 2.34. The van der Waals surface area contributed by atoms with Crippen molar-refractivity contribution in [3.63, 3.8) is 0 Å². The van der Waals surface area contributed by atoms with E-state index in [0.29, 0.717) is 6.54 Å². The highest BCUT2D eigenvalue weighted by atomic mass is 16.4. The summed E-state index contributed by atoms with van der Waals surface area (Å²) in [4.78, 5) is 11.1. The molecule has 0 heterocycles. The molecular formula is C18H19NO2. The summed E-state index contributed by atoms with van der Waals surface area (Å²) in [5, 5.41) is 9.12. The molecular weight excluding hydrogens is 262 g/mol. The smallest absolute Gasteiger partial charge is 0.304 e. The summed E-state index contributed by atoms with van der Waals surface area (Å²) in [7, 11) is 0. The Hall–Kier alpha value is -2.13. The lowest BCUT2D eigenvalue weighted by molar-refractivity contribution is -0.138. The number of nitrogens with two attached hydrogens (primary N) is 1. The van der Waals surface area contributed by atoms with E-state index in [4.69, 9.17) is 10.8 Å². The molecule has 0 bridgehead atoms. The second kappa shape index (κ2) is 5.01. The third-order valence-electron chi connectivity index (χ3n) is 4.48. The number of carboxylic acids is 1. The van der Waals surface area contributed by atoms with Crippen molar-refractivity contribution < 1.29 is 9.90 Å². The van der Waals surface area contributed by atoms with Crippen LogP contribution >= 0.6 is 0 Å². The van der Waals surface area contributed by atoms with Crippen molar-refractivity contribution in [2.24, 2.45) is 5.73 Å². The molecule has 3 N–H and O–H groups in total. The predicted octanol–water partition coefficient (Wildman–Crippen LogP) is 2.95. The fourth-order valence-electron chi connectivity index (χ4n) is 3.15. The Morgan fingerprint density at radius 1 is 1.19 bits per heavy atom. The van der Waals surface area contributed by atoms with Crippen LogP contribution in [0.3, 0.4) is 0 Å². The number of benzene rings is 2. The van der Waals surface area contributed by atoms with Crippen LogP contribution in [0.15, 0.2) is 42.5 Å². The standard InChI is InChI=1S/C18H19NO2/c1-18(11-19,10-17(20)21)14-6-7-16-13(9-14)8-12-4-2-3-5-15(12)16/h2-7,9H,8,10-11,19H2,1H3,(H,20,21). The van der Waals surface area contributed by atoms with E-state index in [9.17, 15) is 4.79 Å². The van der Waals surface area contributed by atoms with E-state index < -0.39 is 11.4 Å². The van der Waals surface area contributed by atoms with Gasteiger partial charge in [0.05, 0.1) is 6.42 Å². The number of rotatable bonds is 4. The molecule has 1 aliphatic carbocycles. The largest absolute Gasteiger partial charge is 0.481 e. The lowest BCUT2D eigenvalue weighted by Gasteiger charge is -2.27. The maximum Gasteiger partial charge on any atom is 0.304 e. The minimum atomic E-state index is -0.813. The summed E-state index contributed by atoms with van der Waals surface area (Å²) >= 11 is 0. The summed E-state index contributed by atoms with van der Waals surface area (Å²) in [6, 6.07) is 14.7. The Kier molecular flexibility index (Phi) is 3.30. The van der Waals surface area contributed by atoms with Crippen molar-refractivity contribution >= 4 is 5.97 Å². The third-order valence-corrected chi connectivity index (χ3v) is 4.48. The van der Waals surface area contributed by atoms with Gasteiger partial charge in [-0.15, -0.1) is 0 Å². The van der Waals surface area contributed by atoms with E-state index >= 15 is 0 Å². The molecule has 0 spiro atoms. The molecule has 0 aliphatic heterocycles. The quantitative estimate of drug-likeness (QED) is 0.773. The van der Waals surface area contributed by atoms with Crippen LogP contribution in [0.4, 0.5) is 0 Å². The van der Waals surface area contributed by atoms with Gasteiger partial charge >= 0.3 is 5.97 Å². The number of carbonyl (C=O) groups is 1. The first-order valence-corrected chi connectivity index (χ1v) is 7.17. The molecule has 3 heteroatoms. The molecule has 0 saturated heterocycles. The first-order chi connectivity index (χ1) is 10.0. The average Bonchev–Trinajstić information content (AvgIpc) is 2.84. The van der Waals surface area contributed by atoms with E-state index in [1.165, 1.54) is 22.3 Å². The zero-order valence-electron chi connectivity index (χ0n) is 12.1. The van der Waals surface area contributed by atoms with Gasteiger partial charge in [-0.1, -0.05) is 49.4 Å². The maximum absolute atomic E-state index is 11.1. The van der Waals surface area contributed by atoms with Crippen LogP contribution < -0.4 is 5.73 Å². The van der Waals surface area contributed by atoms with Crippen molar-refractivity contribution in [3.8, 4) is 11.1 Å². The molecule has 0 saturated carbocycles. The second-order valence-electron chi connectivity index (χ2n) is 6.04. The van der Waals surface area contributed by atoms with Crippen molar-refractivity contribution in [1.29, 1.82) is 0 Å². The van der Waals surface area contributed by atoms with Crippen LogP contribution in [0, 0.1) is 0 Å². The van der Waals surface area contributed by atoms with Gasteiger partial charge in [-0.3, -0.25) is 4.79 Å². The van der Waals surface area contributed by atoms with E-state index in [0.717, 1.165) is 12.0 Å². The maximum atomic E-state index is 11.1. The molecule has 0 fully saturated rings. The first kappa shape index (κ1) is 13.8. The highest BCUT2D eigenvalue weighted by molar-refractivity contribution is 5.77. The Bertz CT molecular complexity index is 708. The lowest BCUT2D eigenvalue weighted by atomic mass is 9.78. The monoisotopic (exact) mass is 281 g/mol. The average molecular weight is 281 g/mol. The van der Waals surface area contributed by atoms with Gasteiger partial charge in [0.25, 0.3) is 0 Å². The first-order valence-electron chi connectivity index (χ1n) is 7.17. The molecule has 1 atom stereocenters. The van der Waals surface area contributed by atoms with Crippen molar-refractivity contribution in [2.75, 3.05) is 6.54 Å². The van der Waals surface area contributed by atoms with E-state index in [1.54, 1.807) is 0 Å². The van der Waals surface area contributed by atoms with Gasteiger partial charge in [-0.05, 0) is 34.2 Å². The second-order valence-corrected chi connectivity index (χ2v) is 6.04. The van der Waals surface area contributed by atoms with Crippen LogP contribution in [-0.4, -0.2) is 17.6 Å². The molecule has 2 aromatic rings. The van der Waals surface area contributed by atoms with Gasteiger partial charge in [0.15, 0.2) is 0 Å². The van der Waals surface area contributed by atoms with E-state index in [1.807, 2.05) is 13.0 Å². The molecule has 3 rings (SSSR count). The van der Waals surface area contributed by atoms with E-state index in [-0.39, 0.29) is 6.42 Å². The molecule has 3 nitrogen and oxygen atoms in total. The van der Waals surface area contributed by atoms with Gasteiger partial charge in [0, 0.05) is 12.0 Å². The number of hydrogen-bond acceptors (Lipinski definition) is 2. The summed E-state index contributed by atoms with van der Waals surface area (Å²) in [6.07, 6.45) is 0.961. The van der Waals surface area contributed by atoms with E-state index in [2.05, 4.69) is 36.4 Å². The fourth-order valence-corrected chi connectivity index (χ4v) is 3.15. The minimum Gasteiger partial charge on any atom is -0.481 e. The zero-order chi connectivity index (χ0) is 15.0. The van der Waals surface area contributed by atoms with Crippen LogP contribution in [0.25, 0.3) is 11.1 Å². The normalized spacial score (nSPS) is 15.1. The van der Waals surface area contributed by atoms with Gasteiger partial charge < -0.3 is 10.8 Å². The van der Waals surface area contributed by atoms with Crippen molar-refractivity contribution in [3.05, 3.63) is 59.2 Å². The fraction of sp³-hybridized carbons (Fsp3) is 0.278. The molecule has 21 heavy (non-hydrogen) atoms. The topological polar surface area (TPSA) is 63.3 Å². The van der Waals surface area contributed by atoms with Gasteiger partial charge in [-0.25, -0.2) is 0 Å². The molecule has 0 radical (unpaired) electrons. The molecule has 2 aromatic carbocycles. The molecule has 108 valence electrons. The van der Waals surface area contributed by atoms with Crippen molar-refractivity contribution in [1.82, 2.24) is 0 Å². The van der Waals surface area contributed by atoms with Crippen LogP contribution in [0.5, 0.6) is 0 Å². The van der Waals surface area contributed by atoms with Crippen LogP contribution in [0.2, 0.25) is 0 Å². The number of fused-ring (bicyclic) bond motifs is 3. The Labute approximate surface area is 124 Å². The summed E-state index contributed by atoms with van der Waals surface area (Å²) in [5.41, 5.74) is 11.5. The highest BCUT2D eigenvalue weighted by Crippen LogP contribution is 2.39. The predicted molar refractivity (Wildman–Crippen MR) is 83.3 cm³/mol. The van der Waals surface area contributed by atoms with Crippen molar-refractivity contribution in [2.45, 2.75) is 25.2 Å². The zero-order valence-corrected chi connectivity index (χ0v) is 12.1.